The van der Waals surface area contributed by atoms with Crippen LogP contribution in [-0.2, 0) is 6.54 Å². The van der Waals surface area contributed by atoms with Crippen LogP contribution in [0, 0.1) is 0 Å². The van der Waals surface area contributed by atoms with Gasteiger partial charge in [0.05, 0.1) is 18.6 Å². The smallest absolute Gasteiger partial charge is 0.163 e. The number of anilines is 2. The van der Waals surface area contributed by atoms with Crippen molar-refractivity contribution < 1.29 is 0 Å². The third-order valence-corrected chi connectivity index (χ3v) is 3.82. The molecule has 2 aromatic rings. The molecule has 0 saturated heterocycles. The summed E-state index contributed by atoms with van der Waals surface area (Å²) in [6, 6.07) is 6.32. The van der Waals surface area contributed by atoms with Crippen molar-refractivity contribution in [2.24, 2.45) is 4.99 Å². The second-order valence-electron chi connectivity index (χ2n) is 4.69. The molecule has 0 atom stereocenters. The number of nitrogens with zero attached hydrogens (tertiary/aromatic N) is 4. The van der Waals surface area contributed by atoms with E-state index >= 15 is 0 Å². The second-order valence-corrected chi connectivity index (χ2v) is 5.72. The van der Waals surface area contributed by atoms with Gasteiger partial charge in [0, 0.05) is 31.4 Å². The molecule has 0 aliphatic carbocycles. The zero-order valence-corrected chi connectivity index (χ0v) is 12.2. The molecule has 20 heavy (non-hydrogen) atoms. The van der Waals surface area contributed by atoms with Crippen LogP contribution < -0.4 is 5.32 Å². The fourth-order valence-electron chi connectivity index (χ4n) is 1.89. The fourth-order valence-corrected chi connectivity index (χ4v) is 2.77. The SMILES string of the molecule is CN(C)C=NCc1ccc2c(c1)Nc1nccnc1S2. The highest BCUT2D eigenvalue weighted by molar-refractivity contribution is 7.99. The van der Waals surface area contributed by atoms with Crippen molar-refractivity contribution in [1.82, 2.24) is 14.9 Å². The molecule has 0 spiro atoms. The van der Waals surface area contributed by atoms with Gasteiger partial charge in [-0.25, -0.2) is 9.97 Å². The third kappa shape index (κ3) is 2.75. The number of benzene rings is 1. The molecule has 2 heterocycles. The third-order valence-electron chi connectivity index (χ3n) is 2.75. The molecule has 6 heteroatoms. The summed E-state index contributed by atoms with van der Waals surface area (Å²) >= 11 is 1.64. The van der Waals surface area contributed by atoms with E-state index in [1.807, 2.05) is 25.3 Å². The molecule has 0 fully saturated rings. The van der Waals surface area contributed by atoms with Crippen molar-refractivity contribution in [2.45, 2.75) is 16.5 Å². The summed E-state index contributed by atoms with van der Waals surface area (Å²) in [6.07, 6.45) is 5.23. The summed E-state index contributed by atoms with van der Waals surface area (Å²) in [5.41, 5.74) is 2.24. The van der Waals surface area contributed by atoms with Crippen LogP contribution in [0.2, 0.25) is 0 Å². The molecule has 0 radical (unpaired) electrons. The molecule has 0 unspecified atom stereocenters. The first kappa shape index (κ1) is 12.9. The van der Waals surface area contributed by atoms with Crippen LogP contribution in [0.1, 0.15) is 5.56 Å². The van der Waals surface area contributed by atoms with Crippen molar-refractivity contribution in [3.05, 3.63) is 36.2 Å². The Kier molecular flexibility index (Phi) is 3.56. The predicted molar refractivity (Wildman–Crippen MR) is 81.8 cm³/mol. The zero-order chi connectivity index (χ0) is 13.9. The highest BCUT2D eigenvalue weighted by atomic mass is 32.2. The molecule has 1 aromatic heterocycles. The first-order chi connectivity index (χ1) is 9.72. The Labute approximate surface area is 122 Å². The van der Waals surface area contributed by atoms with E-state index in [4.69, 9.17) is 0 Å². The van der Waals surface area contributed by atoms with Gasteiger partial charge in [0.2, 0.25) is 0 Å². The maximum Gasteiger partial charge on any atom is 0.163 e. The number of aliphatic imine (C=N–C) groups is 1. The van der Waals surface area contributed by atoms with Gasteiger partial charge >= 0.3 is 0 Å². The lowest BCUT2D eigenvalue weighted by Gasteiger charge is -2.19. The average Bonchev–Trinajstić information content (AvgIpc) is 2.44. The van der Waals surface area contributed by atoms with E-state index in [2.05, 4.69) is 38.5 Å². The van der Waals surface area contributed by atoms with Crippen molar-refractivity contribution in [1.29, 1.82) is 0 Å². The van der Waals surface area contributed by atoms with Crippen LogP contribution in [0.25, 0.3) is 0 Å². The molecule has 1 N–H and O–H groups in total. The van der Waals surface area contributed by atoms with Gasteiger partial charge in [-0.15, -0.1) is 0 Å². The molecular weight excluding hydrogens is 270 g/mol. The van der Waals surface area contributed by atoms with Crippen LogP contribution >= 0.6 is 11.8 Å². The van der Waals surface area contributed by atoms with E-state index in [0.717, 1.165) is 16.5 Å². The van der Waals surface area contributed by atoms with Gasteiger partial charge in [-0.05, 0) is 17.7 Å². The van der Waals surface area contributed by atoms with Crippen molar-refractivity contribution in [3.8, 4) is 0 Å². The number of aromatic nitrogens is 2. The summed E-state index contributed by atoms with van der Waals surface area (Å²) in [5.74, 6) is 0.818. The standard InChI is InChI=1S/C14H15N5S/c1-19(2)9-15-8-10-3-4-12-11(7-10)18-13-14(20-12)17-6-5-16-13/h3-7,9H,8H2,1-2H3,(H,16,18). The average molecular weight is 285 g/mol. The number of rotatable bonds is 3. The van der Waals surface area contributed by atoms with Crippen LogP contribution in [0.5, 0.6) is 0 Å². The minimum Gasteiger partial charge on any atom is -0.369 e. The topological polar surface area (TPSA) is 53.4 Å². The lowest BCUT2D eigenvalue weighted by molar-refractivity contribution is 0.638. The Hall–Kier alpha value is -2.08. The Morgan fingerprint density at radius 2 is 2.15 bits per heavy atom. The summed E-state index contributed by atoms with van der Waals surface area (Å²) in [5, 5.41) is 4.24. The minimum absolute atomic E-state index is 0.672. The summed E-state index contributed by atoms with van der Waals surface area (Å²) in [6.45, 7) is 0.672. The highest BCUT2D eigenvalue weighted by Gasteiger charge is 2.17. The highest BCUT2D eigenvalue weighted by Crippen LogP contribution is 2.41. The van der Waals surface area contributed by atoms with Gasteiger partial charge in [0.15, 0.2) is 5.82 Å². The van der Waals surface area contributed by atoms with Gasteiger partial charge in [-0.1, -0.05) is 17.8 Å². The van der Waals surface area contributed by atoms with Crippen LogP contribution in [0.4, 0.5) is 11.5 Å². The van der Waals surface area contributed by atoms with Crippen molar-refractivity contribution in [2.75, 3.05) is 19.4 Å². The maximum atomic E-state index is 4.37. The number of fused-ring (bicyclic) bond motifs is 2. The molecule has 0 amide bonds. The molecule has 0 saturated carbocycles. The molecule has 102 valence electrons. The predicted octanol–water partition coefficient (Wildman–Crippen LogP) is 2.77. The fraction of sp³-hybridized carbons (Fsp3) is 0.214. The summed E-state index contributed by atoms with van der Waals surface area (Å²) in [7, 11) is 3.92. The molecule has 0 bridgehead atoms. The normalized spacial score (nSPS) is 12.7. The summed E-state index contributed by atoms with van der Waals surface area (Å²) in [4.78, 5) is 16.1. The van der Waals surface area contributed by atoms with Gasteiger partial charge in [-0.2, -0.15) is 0 Å². The molecule has 5 nitrogen and oxygen atoms in total. The first-order valence-electron chi connectivity index (χ1n) is 6.27. The van der Waals surface area contributed by atoms with Crippen LogP contribution in [0.3, 0.4) is 0 Å². The molecule has 1 aliphatic heterocycles. The molecule has 3 rings (SSSR count). The van der Waals surface area contributed by atoms with Gasteiger partial charge in [0.1, 0.15) is 5.03 Å². The molecular formula is C14H15N5S. The maximum absolute atomic E-state index is 4.37. The number of nitrogens with one attached hydrogen (secondary N) is 1. The van der Waals surface area contributed by atoms with E-state index in [9.17, 15) is 0 Å². The van der Waals surface area contributed by atoms with Gasteiger partial charge in [-0.3, -0.25) is 4.99 Å². The first-order valence-corrected chi connectivity index (χ1v) is 7.09. The van der Waals surface area contributed by atoms with E-state index in [-0.39, 0.29) is 0 Å². The quantitative estimate of drug-likeness (QED) is 0.592. The zero-order valence-electron chi connectivity index (χ0n) is 11.4. The molecule has 1 aromatic carbocycles. The Morgan fingerprint density at radius 3 is 3.00 bits per heavy atom. The van der Waals surface area contributed by atoms with Gasteiger partial charge in [0.25, 0.3) is 0 Å². The van der Waals surface area contributed by atoms with Crippen LogP contribution in [-0.4, -0.2) is 35.3 Å². The van der Waals surface area contributed by atoms with E-state index < -0.39 is 0 Å². The Balaban J connectivity index is 1.81. The lowest BCUT2D eigenvalue weighted by Crippen LogP contribution is -2.08. The lowest BCUT2D eigenvalue weighted by atomic mass is 10.2. The monoisotopic (exact) mass is 285 g/mol. The van der Waals surface area contributed by atoms with E-state index in [0.29, 0.717) is 6.54 Å². The number of hydrogen-bond acceptors (Lipinski definition) is 5. The van der Waals surface area contributed by atoms with Gasteiger partial charge < -0.3 is 10.2 Å². The summed E-state index contributed by atoms with van der Waals surface area (Å²) < 4.78 is 0. The second kappa shape index (κ2) is 5.50. The number of hydrogen-bond donors (Lipinski definition) is 1. The van der Waals surface area contributed by atoms with Crippen molar-refractivity contribution in [3.63, 3.8) is 0 Å². The van der Waals surface area contributed by atoms with Crippen LogP contribution in [0.15, 0.2) is 45.5 Å². The van der Waals surface area contributed by atoms with E-state index in [1.54, 1.807) is 24.2 Å². The van der Waals surface area contributed by atoms with E-state index in [1.165, 1.54) is 10.5 Å². The molecule has 1 aliphatic rings. The minimum atomic E-state index is 0.672. The Morgan fingerprint density at radius 1 is 1.30 bits per heavy atom. The Bertz CT molecular complexity index is 654. The largest absolute Gasteiger partial charge is 0.369 e. The van der Waals surface area contributed by atoms with Crippen molar-refractivity contribution >= 4 is 29.6 Å².